The smallest absolute Gasteiger partial charge is 0.269 e. The van der Waals surface area contributed by atoms with E-state index in [1.54, 1.807) is 7.11 Å². The standard InChI is InChI=1S/C7H14N4O4S2/c1-14-4-5-15-3-2-9-17(12,13)7-11-10-6(8)16-7/h9H,2-5H2,1H3,(H2,8,10). The third kappa shape index (κ3) is 4.91. The molecule has 98 valence electrons. The SMILES string of the molecule is COCCOCCNS(=O)(=O)c1nnc(N)s1. The Balaban J connectivity index is 2.31. The minimum absolute atomic E-state index is 0.113. The third-order valence-corrected chi connectivity index (χ3v) is 4.20. The van der Waals surface area contributed by atoms with E-state index in [0.29, 0.717) is 13.2 Å². The van der Waals surface area contributed by atoms with Crippen LogP contribution in [-0.2, 0) is 19.5 Å². The Morgan fingerprint density at radius 2 is 2.12 bits per heavy atom. The molecule has 0 aliphatic carbocycles. The predicted molar refractivity (Wildman–Crippen MR) is 62.2 cm³/mol. The van der Waals surface area contributed by atoms with Gasteiger partial charge in [-0.15, -0.1) is 10.2 Å². The molecule has 3 N–H and O–H groups in total. The average Bonchev–Trinajstić information content (AvgIpc) is 2.71. The Labute approximate surface area is 103 Å². The van der Waals surface area contributed by atoms with Gasteiger partial charge in [-0.1, -0.05) is 11.3 Å². The summed E-state index contributed by atoms with van der Waals surface area (Å²) in [5.74, 6) is 0. The maximum Gasteiger partial charge on any atom is 0.269 e. The van der Waals surface area contributed by atoms with E-state index >= 15 is 0 Å². The van der Waals surface area contributed by atoms with Crippen LogP contribution in [0.3, 0.4) is 0 Å². The highest BCUT2D eigenvalue weighted by atomic mass is 32.2. The fourth-order valence-corrected chi connectivity index (χ4v) is 2.72. The van der Waals surface area contributed by atoms with Crippen molar-refractivity contribution < 1.29 is 17.9 Å². The molecule has 0 fully saturated rings. The van der Waals surface area contributed by atoms with Gasteiger partial charge in [-0.05, 0) is 0 Å². The van der Waals surface area contributed by atoms with E-state index in [1.165, 1.54) is 0 Å². The van der Waals surface area contributed by atoms with Gasteiger partial charge in [0, 0.05) is 13.7 Å². The summed E-state index contributed by atoms with van der Waals surface area (Å²) in [6, 6.07) is 0. The number of nitrogens with zero attached hydrogens (tertiary/aromatic N) is 2. The minimum atomic E-state index is -3.63. The van der Waals surface area contributed by atoms with E-state index in [9.17, 15) is 8.42 Å². The number of rotatable bonds is 8. The van der Waals surface area contributed by atoms with Crippen LogP contribution in [0.1, 0.15) is 0 Å². The molecule has 0 aliphatic heterocycles. The van der Waals surface area contributed by atoms with Crippen molar-refractivity contribution in [1.82, 2.24) is 14.9 Å². The molecule has 0 saturated heterocycles. The Bertz CT molecular complexity index is 433. The normalized spacial score (nSPS) is 11.8. The lowest BCUT2D eigenvalue weighted by Gasteiger charge is -2.04. The zero-order valence-electron chi connectivity index (χ0n) is 9.25. The van der Waals surface area contributed by atoms with Gasteiger partial charge in [-0.25, -0.2) is 13.1 Å². The van der Waals surface area contributed by atoms with Gasteiger partial charge in [0.05, 0.1) is 19.8 Å². The second-order valence-corrected chi connectivity index (χ2v) is 5.86. The van der Waals surface area contributed by atoms with Crippen LogP contribution in [0.4, 0.5) is 5.13 Å². The van der Waals surface area contributed by atoms with Gasteiger partial charge in [0.1, 0.15) is 0 Å². The maximum absolute atomic E-state index is 11.6. The first kappa shape index (κ1) is 14.3. The molecule has 0 aromatic carbocycles. The highest BCUT2D eigenvalue weighted by Gasteiger charge is 2.18. The van der Waals surface area contributed by atoms with Gasteiger partial charge in [0.2, 0.25) is 9.47 Å². The van der Waals surface area contributed by atoms with Crippen LogP contribution in [0.25, 0.3) is 0 Å². The predicted octanol–water partition coefficient (Wildman–Crippen LogP) is -0.938. The average molecular weight is 282 g/mol. The van der Waals surface area contributed by atoms with Crippen molar-refractivity contribution in [1.29, 1.82) is 0 Å². The lowest BCUT2D eigenvalue weighted by molar-refractivity contribution is 0.0736. The quantitative estimate of drug-likeness (QED) is 0.591. The van der Waals surface area contributed by atoms with Crippen molar-refractivity contribution in [3.8, 4) is 0 Å². The van der Waals surface area contributed by atoms with Crippen molar-refractivity contribution in [3.63, 3.8) is 0 Å². The number of nitrogens with one attached hydrogen (secondary N) is 1. The first-order valence-electron chi connectivity index (χ1n) is 4.71. The molecular formula is C7H14N4O4S2. The molecule has 0 unspecified atom stereocenters. The summed E-state index contributed by atoms with van der Waals surface area (Å²) >= 11 is 0.811. The molecule has 0 amide bonds. The molecule has 17 heavy (non-hydrogen) atoms. The highest BCUT2D eigenvalue weighted by Crippen LogP contribution is 2.15. The fourth-order valence-electron chi connectivity index (χ4n) is 0.883. The number of hydrogen-bond acceptors (Lipinski definition) is 8. The summed E-state index contributed by atoms with van der Waals surface area (Å²) in [6.45, 7) is 1.31. The summed E-state index contributed by atoms with van der Waals surface area (Å²) in [6.07, 6.45) is 0. The van der Waals surface area contributed by atoms with Gasteiger partial charge in [0.15, 0.2) is 0 Å². The van der Waals surface area contributed by atoms with E-state index in [0.717, 1.165) is 11.3 Å². The topological polar surface area (TPSA) is 116 Å². The van der Waals surface area contributed by atoms with E-state index in [-0.39, 0.29) is 22.6 Å². The molecule has 1 aromatic rings. The van der Waals surface area contributed by atoms with Gasteiger partial charge >= 0.3 is 0 Å². The van der Waals surface area contributed by atoms with E-state index in [1.807, 2.05) is 0 Å². The molecule has 0 bridgehead atoms. The molecule has 1 aromatic heterocycles. The van der Waals surface area contributed by atoms with Crippen molar-refractivity contribution in [2.45, 2.75) is 4.34 Å². The number of aromatic nitrogens is 2. The van der Waals surface area contributed by atoms with Gasteiger partial charge < -0.3 is 15.2 Å². The highest BCUT2D eigenvalue weighted by molar-refractivity contribution is 7.91. The molecule has 0 spiro atoms. The summed E-state index contributed by atoms with van der Waals surface area (Å²) < 4.78 is 35.2. The number of nitrogens with two attached hydrogens (primary N) is 1. The van der Waals surface area contributed by atoms with Crippen molar-refractivity contribution in [2.24, 2.45) is 0 Å². The number of anilines is 1. The second-order valence-electron chi connectivity index (χ2n) is 2.91. The zero-order valence-corrected chi connectivity index (χ0v) is 10.9. The Morgan fingerprint density at radius 3 is 2.71 bits per heavy atom. The first-order chi connectivity index (χ1) is 8.06. The molecule has 0 radical (unpaired) electrons. The summed E-state index contributed by atoms with van der Waals surface area (Å²) in [5, 5.41) is 6.99. The summed E-state index contributed by atoms with van der Waals surface area (Å²) in [4.78, 5) is 0. The molecule has 0 aliphatic rings. The summed E-state index contributed by atoms with van der Waals surface area (Å²) in [7, 11) is -2.07. The Morgan fingerprint density at radius 1 is 1.35 bits per heavy atom. The molecular weight excluding hydrogens is 268 g/mol. The molecule has 1 rings (SSSR count). The van der Waals surface area contributed by atoms with E-state index in [4.69, 9.17) is 15.2 Å². The van der Waals surface area contributed by atoms with Crippen LogP contribution in [0, 0.1) is 0 Å². The van der Waals surface area contributed by atoms with Crippen LogP contribution in [0.5, 0.6) is 0 Å². The third-order valence-electron chi connectivity index (χ3n) is 1.62. The number of sulfonamides is 1. The maximum atomic E-state index is 11.6. The van der Waals surface area contributed by atoms with Gasteiger partial charge in [-0.2, -0.15) is 0 Å². The van der Waals surface area contributed by atoms with Crippen LogP contribution in [0.2, 0.25) is 0 Å². The number of nitrogen functional groups attached to an aromatic ring is 1. The lowest BCUT2D eigenvalue weighted by atomic mass is 10.7. The minimum Gasteiger partial charge on any atom is -0.382 e. The second kappa shape index (κ2) is 6.81. The number of ether oxygens (including phenoxy) is 2. The molecule has 0 saturated carbocycles. The Kier molecular flexibility index (Phi) is 5.71. The summed E-state index contributed by atoms with van der Waals surface area (Å²) in [5.41, 5.74) is 5.30. The zero-order chi connectivity index (χ0) is 12.7. The largest absolute Gasteiger partial charge is 0.382 e. The molecule has 8 nitrogen and oxygen atoms in total. The van der Waals surface area contributed by atoms with Crippen LogP contribution in [0.15, 0.2) is 4.34 Å². The lowest BCUT2D eigenvalue weighted by Crippen LogP contribution is -2.27. The fraction of sp³-hybridized carbons (Fsp3) is 0.714. The van der Waals surface area contributed by atoms with Gasteiger partial charge in [0.25, 0.3) is 10.0 Å². The molecule has 10 heteroatoms. The van der Waals surface area contributed by atoms with Crippen molar-refractivity contribution in [2.75, 3.05) is 39.2 Å². The van der Waals surface area contributed by atoms with E-state index < -0.39 is 10.0 Å². The first-order valence-corrected chi connectivity index (χ1v) is 7.01. The van der Waals surface area contributed by atoms with Crippen LogP contribution in [-0.4, -0.2) is 52.1 Å². The molecule has 0 atom stereocenters. The van der Waals surface area contributed by atoms with Gasteiger partial charge in [-0.3, -0.25) is 0 Å². The number of methoxy groups -OCH3 is 1. The number of hydrogen-bond donors (Lipinski definition) is 2. The van der Waals surface area contributed by atoms with Crippen molar-refractivity contribution >= 4 is 26.5 Å². The van der Waals surface area contributed by atoms with Crippen molar-refractivity contribution in [3.05, 3.63) is 0 Å². The van der Waals surface area contributed by atoms with Crippen LogP contribution >= 0.6 is 11.3 Å². The monoisotopic (exact) mass is 282 g/mol. The Hall–Kier alpha value is -0.810. The molecule has 1 heterocycles. The van der Waals surface area contributed by atoms with E-state index in [2.05, 4.69) is 14.9 Å². The van der Waals surface area contributed by atoms with Crippen LogP contribution < -0.4 is 10.5 Å².